The molecule has 7 nitrogen and oxygen atoms in total. The molecule has 7 heteroatoms. The second-order valence-corrected chi connectivity index (χ2v) is 9.59. The van der Waals surface area contributed by atoms with E-state index in [1.54, 1.807) is 43.5 Å². The monoisotopic (exact) mass is 459 g/mol. The number of nitrogens with one attached hydrogen (secondary N) is 1. The Balaban J connectivity index is 1.82. The summed E-state index contributed by atoms with van der Waals surface area (Å²) in [6.45, 7) is 4.02. The lowest BCUT2D eigenvalue weighted by Crippen LogP contribution is -2.37. The number of aromatic nitrogens is 1. The third kappa shape index (κ3) is 4.46. The molecule has 3 aromatic rings. The Bertz CT molecular complexity index is 1300. The third-order valence-corrected chi connectivity index (χ3v) is 6.11. The van der Waals surface area contributed by atoms with Crippen LogP contribution in [0.2, 0.25) is 0 Å². The van der Waals surface area contributed by atoms with E-state index in [0.717, 1.165) is 5.69 Å². The summed E-state index contributed by atoms with van der Waals surface area (Å²) in [7, 11) is 5.43. The van der Waals surface area contributed by atoms with Crippen LogP contribution in [-0.2, 0) is 6.42 Å². The largest absolute Gasteiger partial charge is 0.497 e. The molecule has 34 heavy (non-hydrogen) atoms. The Morgan fingerprint density at radius 2 is 1.65 bits per heavy atom. The van der Waals surface area contributed by atoms with Crippen LogP contribution in [0.15, 0.2) is 59.4 Å². The highest BCUT2D eigenvalue weighted by atomic mass is 16.5. The van der Waals surface area contributed by atoms with Crippen LogP contribution in [0.4, 0.5) is 11.4 Å². The van der Waals surface area contributed by atoms with Crippen LogP contribution in [0.5, 0.6) is 5.75 Å². The fourth-order valence-corrected chi connectivity index (χ4v) is 4.32. The van der Waals surface area contributed by atoms with Crippen molar-refractivity contribution in [2.75, 3.05) is 31.4 Å². The van der Waals surface area contributed by atoms with Crippen molar-refractivity contribution >= 4 is 23.1 Å². The van der Waals surface area contributed by atoms with Crippen LogP contribution >= 0.6 is 0 Å². The van der Waals surface area contributed by atoms with E-state index in [2.05, 4.69) is 5.32 Å². The molecule has 0 saturated carbocycles. The number of ketones is 1. The number of methoxy groups -OCH3 is 1. The number of benzene rings is 2. The van der Waals surface area contributed by atoms with Gasteiger partial charge in [-0.15, -0.1) is 0 Å². The molecule has 1 aromatic heterocycles. The summed E-state index contributed by atoms with van der Waals surface area (Å²) in [6, 6.07) is 15.8. The molecule has 0 atom stereocenters. The van der Waals surface area contributed by atoms with E-state index >= 15 is 0 Å². The molecule has 1 aliphatic rings. The maximum Gasteiger partial charge on any atom is 0.268 e. The quantitative estimate of drug-likeness (QED) is 0.615. The van der Waals surface area contributed by atoms with Crippen LogP contribution in [0.25, 0.3) is 5.69 Å². The average molecular weight is 460 g/mol. The fourth-order valence-electron chi connectivity index (χ4n) is 4.32. The lowest BCUT2D eigenvalue weighted by Gasteiger charge is -2.32. The number of rotatable bonds is 5. The molecular weight excluding hydrogens is 430 g/mol. The molecule has 0 bridgehead atoms. The number of hydrogen-bond acceptors (Lipinski definition) is 5. The van der Waals surface area contributed by atoms with Gasteiger partial charge in [-0.3, -0.25) is 19.0 Å². The van der Waals surface area contributed by atoms with Crippen molar-refractivity contribution in [3.05, 3.63) is 81.8 Å². The zero-order valence-corrected chi connectivity index (χ0v) is 20.1. The van der Waals surface area contributed by atoms with E-state index in [9.17, 15) is 14.4 Å². The summed E-state index contributed by atoms with van der Waals surface area (Å²) in [6.07, 6.45) is 0.900. The first-order chi connectivity index (χ1) is 16.1. The van der Waals surface area contributed by atoms with Gasteiger partial charge in [0.15, 0.2) is 5.78 Å². The number of pyridine rings is 1. The number of fused-ring (bicyclic) bond motifs is 1. The zero-order chi connectivity index (χ0) is 24.6. The van der Waals surface area contributed by atoms with E-state index in [1.165, 1.54) is 10.6 Å². The number of hydrogen-bond donors (Lipinski definition) is 1. The minimum absolute atomic E-state index is 0.0701. The number of ether oxygens (including phenoxy) is 1. The predicted octanol–water partition coefficient (Wildman–Crippen LogP) is 4.32. The number of amides is 1. The molecule has 1 heterocycles. The molecule has 0 radical (unpaired) electrons. The first kappa shape index (κ1) is 23.3. The minimum atomic E-state index is -0.551. The van der Waals surface area contributed by atoms with Crippen molar-refractivity contribution in [2.24, 2.45) is 5.41 Å². The first-order valence-electron chi connectivity index (χ1n) is 11.1. The zero-order valence-electron chi connectivity index (χ0n) is 20.1. The summed E-state index contributed by atoms with van der Waals surface area (Å²) < 4.78 is 6.74. The van der Waals surface area contributed by atoms with Gasteiger partial charge in [-0.1, -0.05) is 13.8 Å². The molecular formula is C27H29N3O4. The van der Waals surface area contributed by atoms with Gasteiger partial charge in [-0.25, -0.2) is 0 Å². The van der Waals surface area contributed by atoms with Crippen molar-refractivity contribution in [1.29, 1.82) is 0 Å². The van der Waals surface area contributed by atoms with Gasteiger partial charge >= 0.3 is 0 Å². The van der Waals surface area contributed by atoms with Gasteiger partial charge in [0, 0.05) is 48.8 Å². The maximum atomic E-state index is 13.6. The van der Waals surface area contributed by atoms with Crippen LogP contribution in [0.3, 0.4) is 0 Å². The van der Waals surface area contributed by atoms with Gasteiger partial charge < -0.3 is 15.0 Å². The van der Waals surface area contributed by atoms with Gasteiger partial charge in [-0.05, 0) is 66.4 Å². The molecule has 1 amide bonds. The smallest absolute Gasteiger partial charge is 0.268 e. The van der Waals surface area contributed by atoms with E-state index in [-0.39, 0.29) is 16.8 Å². The number of carbonyl (C=O) groups is 2. The number of carbonyl (C=O) groups excluding carboxylic acids is 2. The predicted molar refractivity (Wildman–Crippen MR) is 134 cm³/mol. The summed E-state index contributed by atoms with van der Waals surface area (Å²) >= 11 is 0. The van der Waals surface area contributed by atoms with Gasteiger partial charge in [0.05, 0.1) is 7.11 Å². The molecule has 0 fully saturated rings. The van der Waals surface area contributed by atoms with E-state index in [0.29, 0.717) is 41.2 Å². The molecule has 176 valence electrons. The highest BCUT2D eigenvalue weighted by molar-refractivity contribution is 6.07. The molecule has 0 saturated heterocycles. The highest BCUT2D eigenvalue weighted by Gasteiger charge is 2.35. The van der Waals surface area contributed by atoms with Gasteiger partial charge in [0.25, 0.3) is 11.5 Å². The second kappa shape index (κ2) is 8.82. The Kier molecular flexibility index (Phi) is 6.04. The van der Waals surface area contributed by atoms with Crippen molar-refractivity contribution in [3.8, 4) is 11.4 Å². The summed E-state index contributed by atoms with van der Waals surface area (Å²) in [4.78, 5) is 41.8. The van der Waals surface area contributed by atoms with Crippen molar-refractivity contribution in [3.63, 3.8) is 0 Å². The van der Waals surface area contributed by atoms with Crippen molar-refractivity contribution in [2.45, 2.75) is 26.7 Å². The molecule has 1 aliphatic carbocycles. The van der Waals surface area contributed by atoms with Crippen LogP contribution in [0, 0.1) is 5.41 Å². The average Bonchev–Trinajstić information content (AvgIpc) is 2.78. The Labute approximate surface area is 199 Å². The van der Waals surface area contributed by atoms with Gasteiger partial charge in [-0.2, -0.15) is 0 Å². The number of nitrogens with zero attached hydrogens (tertiary/aromatic N) is 2. The third-order valence-electron chi connectivity index (χ3n) is 6.11. The normalized spacial score (nSPS) is 14.3. The molecule has 0 unspecified atom stereocenters. The summed E-state index contributed by atoms with van der Waals surface area (Å²) in [5.74, 6) is 0.0281. The molecule has 4 rings (SSSR count). The Hall–Kier alpha value is -3.87. The SMILES string of the molecule is COc1ccc(-n2c3c(cc(C(=O)Nc4ccc(N(C)C)cc4)c2=O)C(=O)CC(C)(C)C3)cc1. The molecule has 1 N–H and O–H groups in total. The van der Waals surface area contributed by atoms with Crippen molar-refractivity contribution < 1.29 is 14.3 Å². The first-order valence-corrected chi connectivity index (χ1v) is 11.1. The molecule has 0 aliphatic heterocycles. The van der Waals surface area contributed by atoms with E-state index in [1.807, 2.05) is 45.0 Å². The molecule has 0 spiro atoms. The lowest BCUT2D eigenvalue weighted by molar-refractivity contribution is 0.0909. The van der Waals surface area contributed by atoms with Crippen LogP contribution < -0.4 is 20.5 Å². The van der Waals surface area contributed by atoms with Crippen LogP contribution in [-0.4, -0.2) is 37.5 Å². The van der Waals surface area contributed by atoms with Crippen molar-refractivity contribution in [1.82, 2.24) is 4.57 Å². The lowest BCUT2D eigenvalue weighted by atomic mass is 9.75. The Morgan fingerprint density at radius 3 is 2.24 bits per heavy atom. The standard InChI is InChI=1S/C27H29N3O4/c1-27(2)15-23-21(24(31)16-27)14-22(25(32)28-17-6-8-18(9-7-17)29(3)4)26(33)30(23)19-10-12-20(34-5)13-11-19/h6-14H,15-16H2,1-5H3,(H,28,32). The summed E-state index contributed by atoms with van der Waals surface area (Å²) in [5, 5.41) is 2.80. The fraction of sp³-hybridized carbons (Fsp3) is 0.296. The maximum absolute atomic E-state index is 13.6. The minimum Gasteiger partial charge on any atom is -0.497 e. The highest BCUT2D eigenvalue weighted by Crippen LogP contribution is 2.35. The van der Waals surface area contributed by atoms with Crippen LogP contribution in [0.1, 0.15) is 46.7 Å². The van der Waals surface area contributed by atoms with E-state index < -0.39 is 11.5 Å². The number of Topliss-reactive ketones (excluding diaryl/α,β-unsaturated/α-hetero) is 1. The van der Waals surface area contributed by atoms with Gasteiger partial charge in [0.1, 0.15) is 11.3 Å². The summed E-state index contributed by atoms with van der Waals surface area (Å²) in [5.41, 5.74) is 2.36. The molecule has 2 aromatic carbocycles. The van der Waals surface area contributed by atoms with Gasteiger partial charge in [0.2, 0.25) is 0 Å². The Morgan fingerprint density at radius 1 is 1.00 bits per heavy atom. The van der Waals surface area contributed by atoms with E-state index in [4.69, 9.17) is 4.74 Å². The topological polar surface area (TPSA) is 80.6 Å². The second-order valence-electron chi connectivity index (χ2n) is 9.59. The number of anilines is 2.